The molecule has 0 aliphatic carbocycles. The topological polar surface area (TPSA) is 83.2 Å². The van der Waals surface area contributed by atoms with E-state index in [-0.39, 0.29) is 6.79 Å². The van der Waals surface area contributed by atoms with Crippen LogP contribution in [0.3, 0.4) is 0 Å². The van der Waals surface area contributed by atoms with Crippen LogP contribution >= 0.6 is 0 Å². The number of hydrogen-bond donors (Lipinski definition) is 1. The Kier molecular flexibility index (Phi) is 3.03. The summed E-state index contributed by atoms with van der Waals surface area (Å²) in [6.07, 6.45) is 1.31. The van der Waals surface area contributed by atoms with Crippen LogP contribution in [0.4, 0.5) is 0 Å². The number of cyclic esters (lactones) is 1. The fourth-order valence-corrected chi connectivity index (χ4v) is 4.55. The summed E-state index contributed by atoms with van der Waals surface area (Å²) in [5.74, 6) is -0.478. The first-order valence-corrected chi connectivity index (χ1v) is 6.74. The Labute approximate surface area is 94.8 Å². The Balaban J connectivity index is 2.39. The molecule has 2 N–H and O–H groups in total. The highest BCUT2D eigenvalue weighted by Gasteiger charge is 2.62. The van der Waals surface area contributed by atoms with E-state index in [9.17, 15) is 4.79 Å². The van der Waals surface area contributed by atoms with Crippen molar-refractivity contribution in [1.29, 1.82) is 0 Å². The molecule has 16 heavy (non-hydrogen) atoms. The van der Waals surface area contributed by atoms with E-state index in [4.69, 9.17) is 23.7 Å². The molecular weight excluding hydrogens is 232 g/mol. The maximum atomic E-state index is 11.8. The second-order valence-electron chi connectivity index (χ2n) is 3.81. The molecule has 0 radical (unpaired) electrons. The molecule has 2 fully saturated rings. The number of fused-ring (bicyclic) bond motifs is 1. The minimum atomic E-state index is -3.06. The van der Waals surface area contributed by atoms with Gasteiger partial charge in [0.2, 0.25) is 0 Å². The van der Waals surface area contributed by atoms with Gasteiger partial charge in [0.15, 0.2) is 12.5 Å². The number of carbonyl (C=O) groups excluding carboxylic acids is 1. The monoisotopic (exact) mass is 248 g/mol. The van der Waals surface area contributed by atoms with Crippen LogP contribution in [-0.2, 0) is 22.8 Å². The van der Waals surface area contributed by atoms with E-state index in [2.05, 4.69) is 0 Å². The lowest BCUT2D eigenvalue weighted by Gasteiger charge is -2.37. The molecule has 2 rings (SSSR count). The molecule has 0 bridgehead atoms. The first-order chi connectivity index (χ1) is 7.59. The molecule has 0 spiro atoms. The van der Waals surface area contributed by atoms with Gasteiger partial charge in [0.05, 0.1) is 0 Å². The van der Waals surface area contributed by atoms with Crippen molar-refractivity contribution in [1.82, 2.24) is 4.57 Å². The molecule has 2 aliphatic rings. The highest BCUT2D eigenvalue weighted by molar-refractivity contribution is 6.58. The predicted octanol–water partition coefficient (Wildman–Crippen LogP) is -1.00. The maximum absolute atomic E-state index is 11.8. The van der Waals surface area contributed by atoms with Crippen molar-refractivity contribution in [2.45, 2.75) is 18.5 Å². The number of carbonyl (C=O) groups is 1. The van der Waals surface area contributed by atoms with Crippen LogP contribution in [0.1, 0.15) is 12.8 Å². The summed E-state index contributed by atoms with van der Waals surface area (Å²) in [6.45, 7) is 0.432. The number of rotatable bonds is 2. The molecule has 0 saturated carbocycles. The largest absolute Gasteiger partial charge is 0.603 e. The van der Waals surface area contributed by atoms with Gasteiger partial charge in [-0.1, -0.05) is 0 Å². The zero-order chi connectivity index (χ0) is 11.8. The van der Waals surface area contributed by atoms with Crippen molar-refractivity contribution in [3.63, 3.8) is 0 Å². The van der Waals surface area contributed by atoms with E-state index >= 15 is 0 Å². The van der Waals surface area contributed by atoms with E-state index in [1.54, 1.807) is 4.57 Å². The minimum absolute atomic E-state index is 0.178. The molecule has 0 aromatic heterocycles. The third-order valence-electron chi connectivity index (χ3n) is 3.05. The Bertz CT molecular complexity index is 298. The first kappa shape index (κ1) is 12.0. The summed E-state index contributed by atoms with van der Waals surface area (Å²) in [6, 6.07) is 0. The molecular formula is C8H16N2O5Si. The highest BCUT2D eigenvalue weighted by Crippen LogP contribution is 2.34. The van der Waals surface area contributed by atoms with E-state index in [1.807, 2.05) is 0 Å². The van der Waals surface area contributed by atoms with Gasteiger partial charge in [0.1, 0.15) is 0 Å². The third kappa shape index (κ3) is 1.50. The number of nitrogens with two attached hydrogens (primary N) is 1. The fourth-order valence-electron chi connectivity index (χ4n) is 2.22. The van der Waals surface area contributed by atoms with Gasteiger partial charge in [-0.15, -0.1) is 0 Å². The van der Waals surface area contributed by atoms with Gasteiger partial charge in [-0.25, -0.2) is 9.36 Å². The van der Waals surface area contributed by atoms with Crippen LogP contribution < -0.4 is 5.73 Å². The van der Waals surface area contributed by atoms with Crippen molar-refractivity contribution in [2.75, 3.05) is 27.6 Å². The molecule has 92 valence electrons. The summed E-state index contributed by atoms with van der Waals surface area (Å²) in [5.41, 5.74) is 4.91. The number of ether oxygens (including phenoxy) is 1. The lowest BCUT2D eigenvalue weighted by Crippen LogP contribution is -2.70. The van der Waals surface area contributed by atoms with Crippen molar-refractivity contribution < 1.29 is 22.8 Å². The number of esters is 1. The number of nitrogens with zero attached hydrogens (tertiary/aromatic N) is 1. The van der Waals surface area contributed by atoms with Crippen LogP contribution in [0, 0.1) is 0 Å². The lowest BCUT2D eigenvalue weighted by molar-refractivity contribution is -0.157. The third-order valence-corrected chi connectivity index (χ3v) is 5.85. The van der Waals surface area contributed by atoms with Gasteiger partial charge in [-0.05, 0) is 12.8 Å². The van der Waals surface area contributed by atoms with Crippen molar-refractivity contribution >= 4 is 14.9 Å². The molecule has 0 aromatic carbocycles. The van der Waals surface area contributed by atoms with Crippen LogP contribution in [0.5, 0.6) is 0 Å². The maximum Gasteiger partial charge on any atom is 0.603 e. The Hall–Kier alpha value is -0.513. The number of hydrogen-bond acceptors (Lipinski definition) is 7. The average Bonchev–Trinajstić information content (AvgIpc) is 2.65. The van der Waals surface area contributed by atoms with E-state index < -0.39 is 20.6 Å². The highest BCUT2D eigenvalue weighted by atomic mass is 28.4. The standard InChI is InChI=1S/C8H16N2O5Si/c1-12-16(13-2)10-5-3-4-8(10,9)7(11)14-6-15-16/h3-6,9H2,1-2H3. The lowest BCUT2D eigenvalue weighted by atomic mass is 10.1. The molecule has 0 aromatic rings. The normalized spacial score (nSPS) is 34.3. The van der Waals surface area contributed by atoms with E-state index in [1.165, 1.54) is 14.2 Å². The molecule has 1 atom stereocenters. The zero-order valence-corrected chi connectivity index (χ0v) is 10.4. The Morgan fingerprint density at radius 1 is 1.50 bits per heavy atom. The zero-order valence-electron chi connectivity index (χ0n) is 9.39. The predicted molar refractivity (Wildman–Crippen MR) is 54.7 cm³/mol. The average molecular weight is 248 g/mol. The summed E-state index contributed by atoms with van der Waals surface area (Å²) < 4.78 is 22.7. The molecule has 7 nitrogen and oxygen atoms in total. The SMILES string of the molecule is CO[Si]1(OC)OCOC(=O)C2(N)CCCN21. The van der Waals surface area contributed by atoms with Crippen LogP contribution in [0.25, 0.3) is 0 Å². The van der Waals surface area contributed by atoms with Crippen molar-refractivity contribution in [3.8, 4) is 0 Å². The van der Waals surface area contributed by atoms with E-state index in [0.717, 1.165) is 6.42 Å². The molecule has 1 unspecified atom stereocenters. The molecule has 0 amide bonds. The minimum Gasteiger partial charge on any atom is -0.437 e. The second kappa shape index (κ2) is 4.06. The smallest absolute Gasteiger partial charge is 0.437 e. The Morgan fingerprint density at radius 3 is 2.81 bits per heavy atom. The van der Waals surface area contributed by atoms with Crippen molar-refractivity contribution in [2.24, 2.45) is 5.73 Å². The van der Waals surface area contributed by atoms with Gasteiger partial charge < -0.3 is 23.7 Å². The quantitative estimate of drug-likeness (QED) is 0.495. The van der Waals surface area contributed by atoms with Crippen LogP contribution in [0.2, 0.25) is 0 Å². The molecule has 2 saturated heterocycles. The van der Waals surface area contributed by atoms with Gasteiger partial charge >= 0.3 is 14.9 Å². The second-order valence-corrected chi connectivity index (χ2v) is 6.50. The fraction of sp³-hybridized carbons (Fsp3) is 0.875. The van der Waals surface area contributed by atoms with Crippen molar-refractivity contribution in [3.05, 3.63) is 0 Å². The van der Waals surface area contributed by atoms with Gasteiger partial charge in [0, 0.05) is 20.8 Å². The Morgan fingerprint density at radius 2 is 2.19 bits per heavy atom. The van der Waals surface area contributed by atoms with E-state index in [0.29, 0.717) is 13.0 Å². The summed E-state index contributed by atoms with van der Waals surface area (Å²) >= 11 is 0. The van der Waals surface area contributed by atoms with Gasteiger partial charge in [-0.3, -0.25) is 0 Å². The summed E-state index contributed by atoms with van der Waals surface area (Å²) in [5, 5.41) is 0. The van der Waals surface area contributed by atoms with Crippen LogP contribution in [-0.4, -0.2) is 52.7 Å². The summed E-state index contributed by atoms with van der Waals surface area (Å²) in [7, 11) is -0.0819. The molecule has 2 heterocycles. The van der Waals surface area contributed by atoms with Gasteiger partial charge in [0.25, 0.3) is 0 Å². The molecule has 8 heteroatoms. The summed E-state index contributed by atoms with van der Waals surface area (Å²) in [4.78, 5) is 11.8. The first-order valence-electron chi connectivity index (χ1n) is 5.07. The van der Waals surface area contributed by atoms with Crippen LogP contribution in [0.15, 0.2) is 0 Å². The molecule has 2 aliphatic heterocycles. The van der Waals surface area contributed by atoms with Gasteiger partial charge in [-0.2, -0.15) is 0 Å².